The van der Waals surface area contributed by atoms with Gasteiger partial charge in [0.25, 0.3) is 5.91 Å². The molecule has 1 N–H and O–H groups in total. The number of anilines is 1. The van der Waals surface area contributed by atoms with Crippen molar-refractivity contribution in [3.8, 4) is 5.75 Å². The molecule has 8 nitrogen and oxygen atoms in total. The van der Waals surface area contributed by atoms with Crippen LogP contribution in [0, 0.1) is 17.0 Å². The molecule has 0 aliphatic carbocycles. The highest BCUT2D eigenvalue weighted by molar-refractivity contribution is 5.86. The van der Waals surface area contributed by atoms with Crippen molar-refractivity contribution in [2.75, 3.05) is 18.6 Å². The Morgan fingerprint density at radius 3 is 2.81 bits per heavy atom. The molecular formula is C23H28N4O4. The maximum Gasteiger partial charge on any atom is 0.310 e. The summed E-state index contributed by atoms with van der Waals surface area (Å²) in [5.41, 5.74) is 6.80. The van der Waals surface area contributed by atoms with Gasteiger partial charge in [0.05, 0.1) is 11.1 Å². The van der Waals surface area contributed by atoms with E-state index in [4.69, 9.17) is 4.74 Å². The van der Waals surface area contributed by atoms with Gasteiger partial charge in [-0.1, -0.05) is 19.1 Å². The molecule has 8 heteroatoms. The number of amides is 1. The highest BCUT2D eigenvalue weighted by Crippen LogP contribution is 2.43. The number of hydrogen-bond acceptors (Lipinski definition) is 6. The molecule has 31 heavy (non-hydrogen) atoms. The molecule has 2 aromatic rings. The number of carbonyl (C=O) groups is 1. The fraction of sp³-hybridized carbons (Fsp3) is 0.391. The number of nitro groups is 1. The molecule has 1 aliphatic heterocycles. The summed E-state index contributed by atoms with van der Waals surface area (Å²) in [6, 6.07) is 10.2. The number of carbonyl (C=O) groups excluding carboxylic acids is 1. The second-order valence-corrected chi connectivity index (χ2v) is 8.55. The van der Waals surface area contributed by atoms with Crippen LogP contribution in [-0.2, 0) is 4.79 Å². The Morgan fingerprint density at radius 2 is 2.10 bits per heavy atom. The lowest BCUT2D eigenvalue weighted by atomic mass is 9.79. The van der Waals surface area contributed by atoms with Gasteiger partial charge >= 0.3 is 5.69 Å². The van der Waals surface area contributed by atoms with Crippen LogP contribution in [0.25, 0.3) is 0 Å². The number of aryl methyl sites for hydroxylation is 1. The topological polar surface area (TPSA) is 97.1 Å². The van der Waals surface area contributed by atoms with Gasteiger partial charge < -0.3 is 9.64 Å². The number of hydrazone groups is 1. The molecule has 0 saturated carbocycles. The van der Waals surface area contributed by atoms with E-state index in [2.05, 4.69) is 55.4 Å². The minimum atomic E-state index is -0.552. The van der Waals surface area contributed by atoms with Crippen LogP contribution in [0.15, 0.2) is 41.5 Å². The molecule has 1 aliphatic rings. The third-order valence-corrected chi connectivity index (χ3v) is 5.83. The molecule has 2 aromatic carbocycles. The Balaban J connectivity index is 1.66. The van der Waals surface area contributed by atoms with E-state index in [0.29, 0.717) is 5.92 Å². The first kappa shape index (κ1) is 22.3. The molecule has 1 unspecified atom stereocenters. The highest BCUT2D eigenvalue weighted by Gasteiger charge is 2.34. The van der Waals surface area contributed by atoms with Crippen LogP contribution >= 0.6 is 0 Å². The molecule has 1 heterocycles. The number of ether oxygens (including phenoxy) is 1. The van der Waals surface area contributed by atoms with Crippen molar-refractivity contribution in [1.82, 2.24) is 5.43 Å². The minimum Gasteiger partial charge on any atom is -0.477 e. The van der Waals surface area contributed by atoms with Crippen LogP contribution in [0.4, 0.5) is 11.4 Å². The largest absolute Gasteiger partial charge is 0.477 e. The Kier molecular flexibility index (Phi) is 6.29. The van der Waals surface area contributed by atoms with Crippen molar-refractivity contribution < 1.29 is 14.5 Å². The number of fused-ring (bicyclic) bond motifs is 1. The van der Waals surface area contributed by atoms with Crippen LogP contribution in [0.3, 0.4) is 0 Å². The van der Waals surface area contributed by atoms with Crippen molar-refractivity contribution in [3.05, 3.63) is 63.2 Å². The van der Waals surface area contributed by atoms with Crippen molar-refractivity contribution >= 4 is 23.5 Å². The van der Waals surface area contributed by atoms with Crippen LogP contribution < -0.4 is 15.1 Å². The number of hydrogen-bond donors (Lipinski definition) is 1. The zero-order valence-corrected chi connectivity index (χ0v) is 18.5. The number of benzene rings is 2. The van der Waals surface area contributed by atoms with Gasteiger partial charge in [-0.15, -0.1) is 0 Å². The summed E-state index contributed by atoms with van der Waals surface area (Å²) in [4.78, 5) is 24.8. The summed E-state index contributed by atoms with van der Waals surface area (Å²) in [5, 5.41) is 15.0. The zero-order chi connectivity index (χ0) is 22.8. The third-order valence-electron chi connectivity index (χ3n) is 5.83. The molecular weight excluding hydrogens is 396 g/mol. The Morgan fingerprint density at radius 1 is 1.39 bits per heavy atom. The Hall–Kier alpha value is -3.42. The first-order valence-corrected chi connectivity index (χ1v) is 10.2. The molecule has 1 amide bonds. The van der Waals surface area contributed by atoms with Crippen molar-refractivity contribution in [3.63, 3.8) is 0 Å². The van der Waals surface area contributed by atoms with Crippen molar-refractivity contribution in [2.24, 2.45) is 5.10 Å². The smallest absolute Gasteiger partial charge is 0.310 e. The quantitative estimate of drug-likeness (QED) is 0.427. The van der Waals surface area contributed by atoms with Gasteiger partial charge in [-0.25, -0.2) is 5.43 Å². The van der Waals surface area contributed by atoms with E-state index in [1.807, 2.05) is 6.92 Å². The monoisotopic (exact) mass is 424 g/mol. The number of rotatable bonds is 6. The van der Waals surface area contributed by atoms with Crippen LogP contribution in [-0.4, -0.2) is 36.2 Å². The van der Waals surface area contributed by atoms with Gasteiger partial charge in [0.2, 0.25) is 0 Å². The van der Waals surface area contributed by atoms with Gasteiger partial charge in [0.1, 0.15) is 0 Å². The number of para-hydroxylation sites is 2. The fourth-order valence-corrected chi connectivity index (χ4v) is 3.95. The van der Waals surface area contributed by atoms with E-state index in [1.54, 1.807) is 12.3 Å². The third kappa shape index (κ3) is 4.84. The fourth-order valence-electron chi connectivity index (χ4n) is 3.95. The number of nitrogens with one attached hydrogen (secondary N) is 1. The number of nitro benzene ring substituents is 1. The van der Waals surface area contributed by atoms with Gasteiger partial charge in [-0.2, -0.15) is 5.10 Å². The second kappa shape index (κ2) is 8.75. The highest BCUT2D eigenvalue weighted by atomic mass is 16.6. The molecule has 0 aromatic heterocycles. The lowest BCUT2D eigenvalue weighted by Gasteiger charge is -2.45. The molecule has 0 fully saturated rings. The average Bonchev–Trinajstić information content (AvgIpc) is 2.71. The summed E-state index contributed by atoms with van der Waals surface area (Å²) < 4.78 is 5.27. The van der Waals surface area contributed by atoms with Crippen LogP contribution in [0.1, 0.15) is 49.8 Å². The summed E-state index contributed by atoms with van der Waals surface area (Å²) >= 11 is 0. The lowest BCUT2D eigenvalue weighted by Crippen LogP contribution is -2.45. The molecule has 0 radical (unpaired) electrons. The van der Waals surface area contributed by atoms with E-state index in [1.165, 1.54) is 29.4 Å². The van der Waals surface area contributed by atoms with Crippen molar-refractivity contribution in [1.29, 1.82) is 0 Å². The summed E-state index contributed by atoms with van der Waals surface area (Å²) in [6.07, 6.45) is 2.67. The van der Waals surface area contributed by atoms with E-state index >= 15 is 0 Å². The van der Waals surface area contributed by atoms with Gasteiger partial charge in [0.15, 0.2) is 12.4 Å². The molecule has 0 saturated heterocycles. The van der Waals surface area contributed by atoms with E-state index in [9.17, 15) is 14.9 Å². The van der Waals surface area contributed by atoms with Crippen LogP contribution in [0.5, 0.6) is 5.75 Å². The van der Waals surface area contributed by atoms with Gasteiger partial charge in [0, 0.05) is 24.3 Å². The van der Waals surface area contributed by atoms with E-state index in [0.717, 1.165) is 17.5 Å². The standard InChI is InChI=1S/C23H28N4O4/c1-15-10-20-18(16(2)12-23(3,4)26(20)5)11-17(15)13-24-25-22(28)14-31-21-9-7-6-8-19(21)27(29)30/h6-11,13,16H,12,14H2,1-5H3,(H,25,28)/b24-13-. The maximum absolute atomic E-state index is 12.0. The molecule has 164 valence electrons. The van der Waals surface area contributed by atoms with Gasteiger partial charge in [-0.05, 0) is 68.0 Å². The molecule has 3 rings (SSSR count). The summed E-state index contributed by atoms with van der Waals surface area (Å²) in [5.74, 6) is -0.0448. The predicted octanol–water partition coefficient (Wildman–Crippen LogP) is 4.15. The summed E-state index contributed by atoms with van der Waals surface area (Å²) in [6.45, 7) is 8.37. The van der Waals surface area contributed by atoms with Gasteiger partial charge in [-0.3, -0.25) is 14.9 Å². The number of nitrogens with zero attached hydrogens (tertiary/aromatic N) is 3. The van der Waals surface area contributed by atoms with Crippen molar-refractivity contribution in [2.45, 2.75) is 45.6 Å². The van der Waals surface area contributed by atoms with E-state index in [-0.39, 0.29) is 23.6 Å². The average molecular weight is 425 g/mol. The maximum atomic E-state index is 12.0. The van der Waals surface area contributed by atoms with Crippen LogP contribution in [0.2, 0.25) is 0 Å². The minimum absolute atomic E-state index is 0.0400. The summed E-state index contributed by atoms with van der Waals surface area (Å²) in [7, 11) is 2.12. The predicted molar refractivity (Wildman–Crippen MR) is 121 cm³/mol. The first-order chi connectivity index (χ1) is 14.6. The first-order valence-electron chi connectivity index (χ1n) is 10.2. The Labute approximate surface area is 182 Å². The zero-order valence-electron chi connectivity index (χ0n) is 18.5. The SMILES string of the molecule is Cc1cc2c(cc1/C=N\NC(=O)COc1ccccc1[N+](=O)[O-])C(C)CC(C)(C)N2C. The lowest BCUT2D eigenvalue weighted by molar-refractivity contribution is -0.385. The second-order valence-electron chi connectivity index (χ2n) is 8.55. The molecule has 0 bridgehead atoms. The molecule has 0 spiro atoms. The van der Waals surface area contributed by atoms with E-state index < -0.39 is 10.8 Å². The Bertz CT molecular complexity index is 1030. The normalized spacial score (nSPS) is 17.3. The molecule has 1 atom stereocenters.